The van der Waals surface area contributed by atoms with E-state index >= 15 is 0 Å². The van der Waals surface area contributed by atoms with Crippen LogP contribution < -0.4 is 10.9 Å². The third-order valence-electron chi connectivity index (χ3n) is 2.59. The molecule has 3 heteroatoms. The van der Waals surface area contributed by atoms with E-state index in [1.807, 2.05) is 12.1 Å². The summed E-state index contributed by atoms with van der Waals surface area (Å²) in [7, 11) is 7.68. The van der Waals surface area contributed by atoms with E-state index in [0.717, 1.165) is 28.6 Å². The summed E-state index contributed by atoms with van der Waals surface area (Å²) in [6.45, 7) is 9.76. The molecule has 0 saturated heterocycles. The minimum atomic E-state index is 0.739. The zero-order chi connectivity index (χ0) is 12.8. The van der Waals surface area contributed by atoms with E-state index in [4.69, 9.17) is 7.85 Å². The number of allylic oxidation sites excluding steroid dienone is 2. The van der Waals surface area contributed by atoms with Crippen molar-refractivity contribution in [3.63, 3.8) is 0 Å². The van der Waals surface area contributed by atoms with Gasteiger partial charge in [0.25, 0.3) is 0 Å². The average molecular weight is 221 g/mol. The van der Waals surface area contributed by atoms with Crippen LogP contribution in [-0.2, 0) is 0 Å². The predicted molar refractivity (Wildman–Crippen MR) is 80.8 cm³/mol. The fraction of sp³-hybridized carbons (Fsp3) is 0.286. The molecular formula is C14H17B2N. The van der Waals surface area contributed by atoms with Crippen LogP contribution in [0.1, 0.15) is 25.8 Å². The fourth-order valence-electron chi connectivity index (χ4n) is 1.87. The van der Waals surface area contributed by atoms with Gasteiger partial charge in [-0.15, -0.1) is 0 Å². The molecular weight excluding hydrogens is 204 g/mol. The van der Waals surface area contributed by atoms with Crippen LogP contribution in [0.4, 0.5) is 0 Å². The molecule has 1 aromatic carbocycles. The Morgan fingerprint density at radius 3 is 2.71 bits per heavy atom. The number of aliphatic imine (C=N–C) groups is 1. The van der Waals surface area contributed by atoms with Crippen molar-refractivity contribution < 1.29 is 0 Å². The molecule has 1 nitrogen and oxygen atoms in total. The molecule has 17 heavy (non-hydrogen) atoms. The summed E-state index contributed by atoms with van der Waals surface area (Å²) >= 11 is 0. The molecule has 1 aromatic rings. The maximum absolute atomic E-state index is 5.88. The molecule has 0 heterocycles. The molecule has 0 saturated carbocycles. The van der Waals surface area contributed by atoms with Crippen LogP contribution >= 0.6 is 0 Å². The molecule has 0 atom stereocenters. The summed E-state index contributed by atoms with van der Waals surface area (Å²) in [5.74, 6) is 0. The van der Waals surface area contributed by atoms with Gasteiger partial charge in [-0.05, 0) is 0 Å². The van der Waals surface area contributed by atoms with E-state index in [9.17, 15) is 0 Å². The molecule has 0 fully saturated rings. The number of hydrogen-bond donors (Lipinski definition) is 0. The first kappa shape index (κ1) is 13.7. The van der Waals surface area contributed by atoms with Gasteiger partial charge in [-0.25, -0.2) is 0 Å². The van der Waals surface area contributed by atoms with Gasteiger partial charge in [0.05, 0.1) is 0 Å². The Bertz CT molecular complexity index is 473. The second-order valence-electron chi connectivity index (χ2n) is 3.96. The van der Waals surface area contributed by atoms with Crippen LogP contribution in [0.25, 0.3) is 0 Å². The normalized spacial score (nSPS) is 12.4. The summed E-state index contributed by atoms with van der Waals surface area (Å²) < 4.78 is 0. The summed E-state index contributed by atoms with van der Waals surface area (Å²) in [5.41, 5.74) is 4.97. The second kappa shape index (κ2) is 6.39. The van der Waals surface area contributed by atoms with Crippen molar-refractivity contribution in [2.24, 2.45) is 4.99 Å². The Balaban J connectivity index is 3.26. The van der Waals surface area contributed by atoms with Gasteiger partial charge in [0.1, 0.15) is 0 Å². The maximum atomic E-state index is 5.88. The molecule has 84 valence electrons. The van der Waals surface area contributed by atoms with Gasteiger partial charge in [-0.2, -0.15) is 0 Å². The predicted octanol–water partition coefficient (Wildman–Crippen LogP) is 1.02. The van der Waals surface area contributed by atoms with Crippen LogP contribution in [0.15, 0.2) is 34.8 Å². The molecule has 2 radical (unpaired) electrons. The number of nitrogens with zero attached hydrogens (tertiary/aromatic N) is 1. The quantitative estimate of drug-likeness (QED) is 0.531. The third-order valence-corrected chi connectivity index (χ3v) is 2.59. The minimum absolute atomic E-state index is 0.739. The Morgan fingerprint density at radius 2 is 2.18 bits per heavy atom. The molecule has 0 unspecified atom stereocenters. The zero-order valence-corrected chi connectivity index (χ0v) is 10.8. The topological polar surface area (TPSA) is 12.4 Å². The van der Waals surface area contributed by atoms with E-state index in [1.54, 1.807) is 14.0 Å². The second-order valence-corrected chi connectivity index (χ2v) is 3.96. The van der Waals surface area contributed by atoms with Gasteiger partial charge in [0.15, 0.2) is 0 Å². The monoisotopic (exact) mass is 221 g/mol. The van der Waals surface area contributed by atoms with E-state index in [0.29, 0.717) is 0 Å². The molecule has 0 amide bonds. The Kier molecular flexibility index (Phi) is 5.14. The Labute approximate surface area is 106 Å². The molecule has 1 rings (SSSR count). The molecule has 0 aliphatic carbocycles. The third kappa shape index (κ3) is 3.55. The average Bonchev–Trinajstić information content (AvgIpc) is 2.29. The van der Waals surface area contributed by atoms with Crippen LogP contribution in [-0.4, -0.2) is 34.0 Å². The van der Waals surface area contributed by atoms with Crippen molar-refractivity contribution in [1.82, 2.24) is 0 Å². The SMILES string of the molecule is [B]c1cc(B=C)cc(C(=NC)/C(C)=C\CC)c1. The van der Waals surface area contributed by atoms with Crippen LogP contribution in [0, 0.1) is 0 Å². The van der Waals surface area contributed by atoms with Crippen molar-refractivity contribution in [3.05, 3.63) is 35.4 Å². The van der Waals surface area contributed by atoms with Crippen molar-refractivity contribution in [3.8, 4) is 0 Å². The number of rotatable bonds is 4. The van der Waals surface area contributed by atoms with Gasteiger partial charge < -0.3 is 0 Å². The first-order chi connectivity index (χ1) is 8.12. The summed E-state index contributed by atoms with van der Waals surface area (Å²) in [5, 5.41) is 0. The van der Waals surface area contributed by atoms with Crippen LogP contribution in [0.3, 0.4) is 0 Å². The van der Waals surface area contributed by atoms with Gasteiger partial charge in [-0.3, -0.25) is 0 Å². The molecule has 0 aliphatic heterocycles. The molecule has 0 aliphatic rings. The Hall–Kier alpha value is -1.37. The van der Waals surface area contributed by atoms with Crippen molar-refractivity contribution >= 4 is 37.9 Å². The van der Waals surface area contributed by atoms with Gasteiger partial charge in [0, 0.05) is 0 Å². The zero-order valence-electron chi connectivity index (χ0n) is 10.8. The van der Waals surface area contributed by atoms with Crippen LogP contribution in [0.5, 0.6) is 0 Å². The Morgan fingerprint density at radius 1 is 1.47 bits per heavy atom. The molecule has 0 bridgehead atoms. The number of hydrogen-bond acceptors (Lipinski definition) is 1. The standard InChI is InChI=1S/C14H17B2N/c1-5-6-10(2)14(17-4)11-7-12(15)9-13(8-11)16-3/h6-9H,3,5H2,1-2,4H3/b10-6-,17-14?. The van der Waals surface area contributed by atoms with E-state index < -0.39 is 0 Å². The summed E-state index contributed by atoms with van der Waals surface area (Å²) in [6.07, 6.45) is 3.17. The first-order valence-corrected chi connectivity index (χ1v) is 5.79. The van der Waals surface area contributed by atoms with E-state index in [2.05, 4.69) is 37.5 Å². The first-order valence-electron chi connectivity index (χ1n) is 5.79. The summed E-state index contributed by atoms with van der Waals surface area (Å²) in [4.78, 5) is 4.35. The van der Waals surface area contributed by atoms with Gasteiger partial charge in [0.2, 0.25) is 0 Å². The van der Waals surface area contributed by atoms with E-state index in [-0.39, 0.29) is 0 Å². The van der Waals surface area contributed by atoms with Gasteiger partial charge in [-0.1, -0.05) is 0 Å². The van der Waals surface area contributed by atoms with Gasteiger partial charge >= 0.3 is 106 Å². The fourth-order valence-corrected chi connectivity index (χ4v) is 1.87. The molecule has 0 aromatic heterocycles. The van der Waals surface area contributed by atoms with E-state index in [1.165, 1.54) is 5.57 Å². The molecule has 0 N–H and O–H groups in total. The van der Waals surface area contributed by atoms with Crippen LogP contribution in [0.2, 0.25) is 0 Å². The van der Waals surface area contributed by atoms with Crippen molar-refractivity contribution in [1.29, 1.82) is 0 Å². The molecule has 0 spiro atoms. The number of benzene rings is 1. The van der Waals surface area contributed by atoms with Crippen molar-refractivity contribution in [2.45, 2.75) is 20.3 Å². The van der Waals surface area contributed by atoms with Crippen molar-refractivity contribution in [2.75, 3.05) is 7.05 Å². The summed E-state index contributed by atoms with van der Waals surface area (Å²) in [6, 6.07) is 5.91.